The molecule has 0 saturated heterocycles. The van der Waals surface area contributed by atoms with Crippen molar-refractivity contribution in [3.05, 3.63) is 83.7 Å². The number of aromatic nitrogens is 1. The number of rotatable bonds is 9. The Hall–Kier alpha value is -3.54. The Morgan fingerprint density at radius 2 is 1.48 bits per heavy atom. The molecule has 1 aromatic heterocycles. The highest BCUT2D eigenvalue weighted by Crippen LogP contribution is 2.14. The molecule has 2 aromatic carbocycles. The summed E-state index contributed by atoms with van der Waals surface area (Å²) in [5, 5.41) is 6.19. The first-order valence-electron chi connectivity index (χ1n) is 9.42. The Balaban J connectivity index is 1.45. The number of carbonyl (C=O) groups excluding carboxylic acids is 1. The SMILES string of the molecule is COc1ccc(CCNC(=O)c2ccc(NCc3ccc(OC)cc3)cn2)cc1. The van der Waals surface area contributed by atoms with E-state index in [1.807, 2.05) is 54.6 Å². The zero-order chi connectivity index (χ0) is 20.5. The molecule has 0 unspecified atom stereocenters. The summed E-state index contributed by atoms with van der Waals surface area (Å²) >= 11 is 0. The fourth-order valence-electron chi connectivity index (χ4n) is 2.78. The van der Waals surface area contributed by atoms with Crippen molar-refractivity contribution < 1.29 is 14.3 Å². The third-order valence-electron chi connectivity index (χ3n) is 4.51. The van der Waals surface area contributed by atoms with Crippen molar-refractivity contribution in [2.45, 2.75) is 13.0 Å². The molecule has 3 rings (SSSR count). The molecule has 0 spiro atoms. The van der Waals surface area contributed by atoms with Crippen molar-refractivity contribution in [1.82, 2.24) is 10.3 Å². The molecule has 1 amide bonds. The predicted octanol–water partition coefficient (Wildman–Crippen LogP) is 3.68. The Morgan fingerprint density at radius 1 is 0.862 bits per heavy atom. The Morgan fingerprint density at radius 3 is 2.03 bits per heavy atom. The van der Waals surface area contributed by atoms with Gasteiger partial charge in [-0.25, -0.2) is 4.98 Å². The van der Waals surface area contributed by atoms with Crippen LogP contribution in [-0.4, -0.2) is 31.7 Å². The van der Waals surface area contributed by atoms with Crippen LogP contribution in [0.15, 0.2) is 66.9 Å². The number of anilines is 1. The number of methoxy groups -OCH3 is 2. The van der Waals surface area contributed by atoms with Crippen molar-refractivity contribution >= 4 is 11.6 Å². The number of nitrogens with zero attached hydrogens (tertiary/aromatic N) is 1. The molecule has 6 nitrogen and oxygen atoms in total. The number of nitrogens with one attached hydrogen (secondary N) is 2. The van der Waals surface area contributed by atoms with Crippen LogP contribution in [0.3, 0.4) is 0 Å². The first kappa shape index (κ1) is 20.2. The molecule has 0 fully saturated rings. The van der Waals surface area contributed by atoms with Crippen LogP contribution in [0.5, 0.6) is 11.5 Å². The molecule has 6 heteroatoms. The summed E-state index contributed by atoms with van der Waals surface area (Å²) < 4.78 is 10.3. The highest BCUT2D eigenvalue weighted by atomic mass is 16.5. The van der Waals surface area contributed by atoms with Crippen LogP contribution in [0.25, 0.3) is 0 Å². The second-order valence-corrected chi connectivity index (χ2v) is 6.49. The first-order chi connectivity index (χ1) is 14.2. The van der Waals surface area contributed by atoms with Crippen molar-refractivity contribution in [3.8, 4) is 11.5 Å². The fourth-order valence-corrected chi connectivity index (χ4v) is 2.78. The van der Waals surface area contributed by atoms with E-state index in [4.69, 9.17) is 9.47 Å². The van der Waals surface area contributed by atoms with E-state index in [1.165, 1.54) is 0 Å². The van der Waals surface area contributed by atoms with Gasteiger partial charge in [0.15, 0.2) is 0 Å². The van der Waals surface area contributed by atoms with E-state index in [0.717, 1.165) is 34.7 Å². The number of hydrogen-bond donors (Lipinski definition) is 2. The minimum atomic E-state index is -0.180. The molecule has 1 heterocycles. The maximum atomic E-state index is 12.3. The minimum absolute atomic E-state index is 0.180. The summed E-state index contributed by atoms with van der Waals surface area (Å²) in [5.41, 5.74) is 3.52. The molecule has 0 aliphatic rings. The van der Waals surface area contributed by atoms with Gasteiger partial charge in [-0.05, 0) is 53.9 Å². The van der Waals surface area contributed by atoms with Crippen LogP contribution in [0.2, 0.25) is 0 Å². The van der Waals surface area contributed by atoms with E-state index in [1.54, 1.807) is 26.5 Å². The Labute approximate surface area is 170 Å². The third-order valence-corrected chi connectivity index (χ3v) is 4.51. The lowest BCUT2D eigenvalue weighted by atomic mass is 10.1. The summed E-state index contributed by atoms with van der Waals surface area (Å²) in [6, 6.07) is 19.2. The van der Waals surface area contributed by atoms with Crippen LogP contribution in [-0.2, 0) is 13.0 Å². The molecule has 0 atom stereocenters. The van der Waals surface area contributed by atoms with Crippen LogP contribution in [0.1, 0.15) is 21.6 Å². The molecule has 0 saturated carbocycles. The molecule has 0 aliphatic heterocycles. The maximum Gasteiger partial charge on any atom is 0.269 e. The first-order valence-corrected chi connectivity index (χ1v) is 9.42. The van der Waals surface area contributed by atoms with E-state index in [-0.39, 0.29) is 5.91 Å². The molecule has 2 N–H and O–H groups in total. The van der Waals surface area contributed by atoms with E-state index in [0.29, 0.717) is 18.8 Å². The number of pyridine rings is 1. The van der Waals surface area contributed by atoms with Crippen LogP contribution >= 0.6 is 0 Å². The number of amides is 1. The maximum absolute atomic E-state index is 12.3. The number of ether oxygens (including phenoxy) is 2. The quantitative estimate of drug-likeness (QED) is 0.582. The highest BCUT2D eigenvalue weighted by Gasteiger charge is 2.07. The molecule has 0 radical (unpaired) electrons. The van der Waals surface area contributed by atoms with Crippen LogP contribution in [0, 0.1) is 0 Å². The summed E-state index contributed by atoms with van der Waals surface area (Å²) in [4.78, 5) is 16.5. The zero-order valence-corrected chi connectivity index (χ0v) is 16.6. The van der Waals surface area contributed by atoms with Gasteiger partial charge in [-0.1, -0.05) is 24.3 Å². The molecule has 0 aliphatic carbocycles. The number of hydrogen-bond acceptors (Lipinski definition) is 5. The molecule has 0 bridgehead atoms. The van der Waals surface area contributed by atoms with Gasteiger partial charge in [-0.2, -0.15) is 0 Å². The van der Waals surface area contributed by atoms with Crippen molar-refractivity contribution in [2.75, 3.05) is 26.1 Å². The number of benzene rings is 2. The lowest BCUT2D eigenvalue weighted by Crippen LogP contribution is -2.26. The Kier molecular flexibility index (Phi) is 7.05. The normalized spacial score (nSPS) is 10.3. The van der Waals surface area contributed by atoms with E-state index in [9.17, 15) is 4.79 Å². The van der Waals surface area contributed by atoms with Crippen LogP contribution in [0.4, 0.5) is 5.69 Å². The second kappa shape index (κ2) is 10.1. The smallest absolute Gasteiger partial charge is 0.269 e. The molecule has 29 heavy (non-hydrogen) atoms. The van der Waals surface area contributed by atoms with Gasteiger partial charge in [0.25, 0.3) is 5.91 Å². The van der Waals surface area contributed by atoms with E-state index in [2.05, 4.69) is 15.6 Å². The monoisotopic (exact) mass is 391 g/mol. The predicted molar refractivity (Wildman–Crippen MR) is 114 cm³/mol. The largest absolute Gasteiger partial charge is 0.497 e. The van der Waals surface area contributed by atoms with Gasteiger partial charge >= 0.3 is 0 Å². The Bertz CT molecular complexity index is 908. The molecular weight excluding hydrogens is 366 g/mol. The average molecular weight is 391 g/mol. The van der Waals surface area contributed by atoms with Gasteiger partial charge in [-0.3, -0.25) is 4.79 Å². The standard InChI is InChI=1S/C23H25N3O3/c1-28-20-8-3-17(4-9-20)13-14-24-23(27)22-12-7-19(16-26-22)25-15-18-5-10-21(29-2)11-6-18/h3-12,16,25H,13-15H2,1-2H3,(H,24,27). The van der Waals surface area contributed by atoms with Gasteiger partial charge in [0, 0.05) is 13.1 Å². The summed E-state index contributed by atoms with van der Waals surface area (Å²) in [5.74, 6) is 1.47. The molecule has 3 aromatic rings. The summed E-state index contributed by atoms with van der Waals surface area (Å²) in [7, 11) is 3.29. The topological polar surface area (TPSA) is 72.5 Å². The lowest BCUT2D eigenvalue weighted by Gasteiger charge is -2.09. The van der Waals surface area contributed by atoms with E-state index < -0.39 is 0 Å². The van der Waals surface area contributed by atoms with Crippen molar-refractivity contribution in [1.29, 1.82) is 0 Å². The number of carbonyl (C=O) groups is 1. The van der Waals surface area contributed by atoms with Gasteiger partial charge in [0.05, 0.1) is 26.1 Å². The fraction of sp³-hybridized carbons (Fsp3) is 0.217. The van der Waals surface area contributed by atoms with Gasteiger partial charge < -0.3 is 20.1 Å². The van der Waals surface area contributed by atoms with E-state index >= 15 is 0 Å². The van der Waals surface area contributed by atoms with Crippen molar-refractivity contribution in [3.63, 3.8) is 0 Å². The molecular formula is C23H25N3O3. The lowest BCUT2D eigenvalue weighted by molar-refractivity contribution is 0.0949. The van der Waals surface area contributed by atoms with Crippen molar-refractivity contribution in [2.24, 2.45) is 0 Å². The average Bonchev–Trinajstić information content (AvgIpc) is 2.78. The second-order valence-electron chi connectivity index (χ2n) is 6.49. The zero-order valence-electron chi connectivity index (χ0n) is 16.6. The summed E-state index contributed by atoms with van der Waals surface area (Å²) in [6.45, 7) is 1.21. The third kappa shape index (κ3) is 5.97. The molecule has 150 valence electrons. The summed E-state index contributed by atoms with van der Waals surface area (Å²) in [6.07, 6.45) is 2.42. The van der Waals surface area contributed by atoms with Crippen LogP contribution < -0.4 is 20.1 Å². The van der Waals surface area contributed by atoms with Gasteiger partial charge in [-0.15, -0.1) is 0 Å². The van der Waals surface area contributed by atoms with Gasteiger partial charge in [0.2, 0.25) is 0 Å². The highest BCUT2D eigenvalue weighted by molar-refractivity contribution is 5.92. The minimum Gasteiger partial charge on any atom is -0.497 e. The van der Waals surface area contributed by atoms with Gasteiger partial charge in [0.1, 0.15) is 17.2 Å².